The molecule has 0 bridgehead atoms. The lowest BCUT2D eigenvalue weighted by Gasteiger charge is -2.55. The van der Waals surface area contributed by atoms with Crippen LogP contribution < -0.4 is 4.90 Å². The molecule has 7 nitrogen and oxygen atoms in total. The molecule has 2 aliphatic heterocycles. The molecule has 23 heavy (non-hydrogen) atoms. The van der Waals surface area contributed by atoms with Gasteiger partial charge in [-0.05, 0) is 18.4 Å². The number of nitrogens with zero attached hydrogens (tertiary/aromatic N) is 5. The molecule has 118 valence electrons. The predicted molar refractivity (Wildman–Crippen MR) is 84.6 cm³/mol. The van der Waals surface area contributed by atoms with Crippen LogP contribution in [0.2, 0.25) is 0 Å². The number of anilines is 1. The maximum Gasteiger partial charge on any atom is 0.237 e. The number of amides is 1. The number of carbonyl (C=O) groups excluding carboxylic acids is 1. The Bertz CT molecular complexity index is 808. The van der Waals surface area contributed by atoms with Crippen LogP contribution in [0, 0.1) is 17.2 Å². The Balaban J connectivity index is 1.62. The summed E-state index contributed by atoms with van der Waals surface area (Å²) in [7, 11) is 0. The molecular formula is C16H18N6O. The van der Waals surface area contributed by atoms with Gasteiger partial charge in [0.2, 0.25) is 5.91 Å². The molecule has 4 heterocycles. The van der Waals surface area contributed by atoms with Gasteiger partial charge in [0, 0.05) is 25.8 Å². The van der Waals surface area contributed by atoms with Gasteiger partial charge in [-0.25, -0.2) is 9.97 Å². The summed E-state index contributed by atoms with van der Waals surface area (Å²) >= 11 is 0. The van der Waals surface area contributed by atoms with Crippen LogP contribution in [0.4, 0.5) is 5.82 Å². The standard InChI is InChI=1S/C16H18N6O/c1-11-8-22(13(23)2-5-17)16(11)4-7-21(9-16)15-12-3-6-18-14(12)19-10-20-15/h3,6,10-11H,2,4,7-9H2,1H3,(H,18,19,20)/t11?,16-/m0/s1. The number of nitrogens with one attached hydrogen (secondary N) is 1. The fraction of sp³-hybridized carbons (Fsp3) is 0.500. The van der Waals surface area contributed by atoms with Gasteiger partial charge in [-0.15, -0.1) is 0 Å². The van der Waals surface area contributed by atoms with Gasteiger partial charge in [0.1, 0.15) is 24.2 Å². The zero-order valence-corrected chi connectivity index (χ0v) is 13.0. The Morgan fingerprint density at radius 1 is 1.57 bits per heavy atom. The van der Waals surface area contributed by atoms with E-state index in [2.05, 4.69) is 26.8 Å². The molecule has 2 saturated heterocycles. The molecule has 7 heteroatoms. The summed E-state index contributed by atoms with van der Waals surface area (Å²) in [4.78, 5) is 28.1. The zero-order valence-electron chi connectivity index (χ0n) is 13.0. The Labute approximate surface area is 133 Å². The van der Waals surface area contributed by atoms with Crippen molar-refractivity contribution in [2.75, 3.05) is 24.5 Å². The number of hydrogen-bond donors (Lipinski definition) is 1. The van der Waals surface area contributed by atoms with E-state index in [0.29, 0.717) is 5.92 Å². The van der Waals surface area contributed by atoms with Crippen LogP contribution in [-0.4, -0.2) is 50.9 Å². The number of H-pyrrole nitrogens is 1. The topological polar surface area (TPSA) is 88.9 Å². The third-order valence-corrected chi connectivity index (χ3v) is 5.35. The maximum absolute atomic E-state index is 12.2. The lowest BCUT2D eigenvalue weighted by molar-refractivity contribution is -0.152. The molecule has 2 aromatic rings. The minimum absolute atomic E-state index is 0.0377. The van der Waals surface area contributed by atoms with Crippen LogP contribution in [0.25, 0.3) is 11.0 Å². The maximum atomic E-state index is 12.2. The fourth-order valence-electron chi connectivity index (χ4n) is 4.02. The highest BCUT2D eigenvalue weighted by Crippen LogP contribution is 2.45. The summed E-state index contributed by atoms with van der Waals surface area (Å²) < 4.78 is 0. The second-order valence-electron chi connectivity index (χ2n) is 6.45. The summed E-state index contributed by atoms with van der Waals surface area (Å²) in [5.41, 5.74) is 0.677. The summed E-state index contributed by atoms with van der Waals surface area (Å²) in [6, 6.07) is 3.96. The first-order chi connectivity index (χ1) is 11.2. The average molecular weight is 310 g/mol. The third kappa shape index (κ3) is 1.91. The van der Waals surface area contributed by atoms with Crippen LogP contribution in [-0.2, 0) is 4.79 Å². The average Bonchev–Trinajstić information content (AvgIpc) is 3.20. The summed E-state index contributed by atoms with van der Waals surface area (Å²) in [6.45, 7) is 4.56. The molecule has 1 N–H and O–H groups in total. The van der Waals surface area contributed by atoms with E-state index in [-0.39, 0.29) is 17.9 Å². The van der Waals surface area contributed by atoms with Crippen molar-refractivity contribution in [2.24, 2.45) is 5.92 Å². The molecule has 1 amide bonds. The number of nitriles is 1. The van der Waals surface area contributed by atoms with Crippen molar-refractivity contribution in [3.63, 3.8) is 0 Å². The van der Waals surface area contributed by atoms with Crippen molar-refractivity contribution >= 4 is 22.8 Å². The van der Waals surface area contributed by atoms with Crippen LogP contribution >= 0.6 is 0 Å². The van der Waals surface area contributed by atoms with E-state index in [1.807, 2.05) is 23.2 Å². The highest BCUT2D eigenvalue weighted by atomic mass is 16.2. The summed E-state index contributed by atoms with van der Waals surface area (Å²) in [6.07, 6.45) is 4.32. The second-order valence-corrected chi connectivity index (χ2v) is 6.45. The molecule has 0 radical (unpaired) electrons. The number of aromatic nitrogens is 3. The van der Waals surface area contributed by atoms with Crippen molar-refractivity contribution in [2.45, 2.75) is 25.3 Å². The fourth-order valence-corrected chi connectivity index (χ4v) is 4.02. The smallest absolute Gasteiger partial charge is 0.237 e. The quantitative estimate of drug-likeness (QED) is 0.903. The lowest BCUT2D eigenvalue weighted by atomic mass is 9.74. The number of aromatic amines is 1. The molecule has 4 rings (SSSR count). The van der Waals surface area contributed by atoms with Crippen LogP contribution in [0.1, 0.15) is 19.8 Å². The molecular weight excluding hydrogens is 292 g/mol. The number of rotatable bonds is 2. The molecule has 1 spiro atoms. The van der Waals surface area contributed by atoms with Gasteiger partial charge < -0.3 is 14.8 Å². The van der Waals surface area contributed by atoms with Crippen molar-refractivity contribution < 1.29 is 4.79 Å². The Hall–Kier alpha value is -2.62. The van der Waals surface area contributed by atoms with Crippen molar-refractivity contribution in [3.8, 4) is 6.07 Å². The van der Waals surface area contributed by atoms with Gasteiger partial charge in [0.15, 0.2) is 0 Å². The Morgan fingerprint density at radius 2 is 2.43 bits per heavy atom. The SMILES string of the molecule is CC1CN(C(=O)CC#N)[C@]12CCN(c1ncnc3[nH]ccc13)C2. The molecule has 0 saturated carbocycles. The van der Waals surface area contributed by atoms with Crippen molar-refractivity contribution in [1.29, 1.82) is 5.26 Å². The third-order valence-electron chi connectivity index (χ3n) is 5.35. The highest BCUT2D eigenvalue weighted by Gasteiger charge is 2.56. The number of likely N-dealkylation sites (tertiary alicyclic amines) is 1. The Kier molecular flexibility index (Phi) is 3.01. The highest BCUT2D eigenvalue weighted by molar-refractivity contribution is 5.87. The Morgan fingerprint density at radius 3 is 3.22 bits per heavy atom. The van der Waals surface area contributed by atoms with E-state index >= 15 is 0 Å². The van der Waals surface area contributed by atoms with Gasteiger partial charge in [-0.3, -0.25) is 4.79 Å². The monoisotopic (exact) mass is 310 g/mol. The predicted octanol–water partition coefficient (Wildman–Crippen LogP) is 1.30. The number of fused-ring (bicyclic) bond motifs is 1. The lowest BCUT2D eigenvalue weighted by Crippen LogP contribution is -2.69. The summed E-state index contributed by atoms with van der Waals surface area (Å²) in [5, 5.41) is 9.80. The largest absolute Gasteiger partial charge is 0.353 e. The van der Waals surface area contributed by atoms with E-state index in [1.165, 1.54) is 0 Å². The number of carbonyl (C=O) groups is 1. The van der Waals surface area contributed by atoms with E-state index in [1.54, 1.807) is 6.33 Å². The van der Waals surface area contributed by atoms with E-state index in [0.717, 1.165) is 42.9 Å². The molecule has 2 atom stereocenters. The zero-order chi connectivity index (χ0) is 16.0. The van der Waals surface area contributed by atoms with E-state index in [4.69, 9.17) is 5.26 Å². The van der Waals surface area contributed by atoms with Crippen LogP contribution in [0.3, 0.4) is 0 Å². The van der Waals surface area contributed by atoms with Crippen LogP contribution in [0.15, 0.2) is 18.6 Å². The van der Waals surface area contributed by atoms with Gasteiger partial charge in [0.25, 0.3) is 0 Å². The second kappa shape index (κ2) is 4.95. The minimum atomic E-state index is -0.151. The minimum Gasteiger partial charge on any atom is -0.353 e. The first kappa shape index (κ1) is 14.0. The molecule has 2 aromatic heterocycles. The van der Waals surface area contributed by atoms with E-state index in [9.17, 15) is 4.79 Å². The van der Waals surface area contributed by atoms with Gasteiger partial charge in [-0.1, -0.05) is 6.92 Å². The van der Waals surface area contributed by atoms with Crippen LogP contribution in [0.5, 0.6) is 0 Å². The molecule has 2 aliphatic rings. The van der Waals surface area contributed by atoms with E-state index < -0.39 is 0 Å². The first-order valence-corrected chi connectivity index (χ1v) is 7.86. The molecule has 0 aromatic carbocycles. The van der Waals surface area contributed by atoms with Gasteiger partial charge in [-0.2, -0.15) is 5.26 Å². The first-order valence-electron chi connectivity index (χ1n) is 7.86. The molecule has 1 unspecified atom stereocenters. The van der Waals surface area contributed by atoms with Gasteiger partial charge >= 0.3 is 0 Å². The van der Waals surface area contributed by atoms with Crippen molar-refractivity contribution in [1.82, 2.24) is 19.9 Å². The number of hydrogen-bond acceptors (Lipinski definition) is 5. The summed E-state index contributed by atoms with van der Waals surface area (Å²) in [5.74, 6) is 1.31. The van der Waals surface area contributed by atoms with Crippen molar-refractivity contribution in [3.05, 3.63) is 18.6 Å². The molecule has 2 fully saturated rings. The molecule has 0 aliphatic carbocycles. The normalized spacial score (nSPS) is 26.5. The van der Waals surface area contributed by atoms with Gasteiger partial charge in [0.05, 0.1) is 17.0 Å².